The molecule has 3 heterocycles. The average molecular weight is 914 g/mol. The molecule has 0 bridgehead atoms. The van der Waals surface area contributed by atoms with Crippen LogP contribution in [0.25, 0.3) is 118 Å². The Labute approximate surface area is 413 Å². The van der Waals surface area contributed by atoms with Crippen LogP contribution in [0.3, 0.4) is 0 Å². The van der Waals surface area contributed by atoms with Gasteiger partial charge in [0.2, 0.25) is 0 Å². The molecule has 0 aliphatic heterocycles. The Balaban J connectivity index is 1.21. The molecule has 0 saturated carbocycles. The number of aryl methyl sites for hydroxylation is 4. The van der Waals surface area contributed by atoms with E-state index in [9.17, 15) is 0 Å². The molecule has 0 atom stereocenters. The number of rotatable bonds is 9. The minimum absolute atomic E-state index is 0.518. The van der Waals surface area contributed by atoms with Crippen molar-refractivity contribution in [1.29, 1.82) is 0 Å². The predicted octanol–water partition coefficient (Wildman–Crippen LogP) is 15.7. The van der Waals surface area contributed by atoms with Gasteiger partial charge in [0.15, 0.2) is 34.9 Å². The Morgan fingerprint density at radius 1 is 0.268 bits per heavy atom. The lowest BCUT2D eigenvalue weighted by Crippen LogP contribution is -2.07. The summed E-state index contributed by atoms with van der Waals surface area (Å²) in [5.41, 5.74) is 17.6. The minimum Gasteiger partial charge on any atom is -0.308 e. The first-order valence-corrected chi connectivity index (χ1v) is 23.9. The van der Waals surface area contributed by atoms with Crippen LogP contribution in [-0.4, -0.2) is 34.5 Å². The standard InChI is InChI=1S/C64H47N7/c1-40-28-32-50(42(3)36-40)48-30-34-56-54(38-48)55-39-49(51-33-29-41(2)37-43(51)4)31-35-57(55)71(56)58-52(63-67-59(44-18-9-5-10-19-44)65-60(68-63)45-20-11-6-12-21-45)26-17-27-53(58)64-69-61(46-22-13-7-14-23-46)66-62(70-64)47-24-15-8-16-25-47/h5-39H,1-4H3. The molecule has 0 aliphatic rings. The topological polar surface area (TPSA) is 82.3 Å². The molecular weight excluding hydrogens is 867 g/mol. The zero-order valence-electron chi connectivity index (χ0n) is 39.8. The Morgan fingerprint density at radius 2 is 0.606 bits per heavy atom. The van der Waals surface area contributed by atoms with E-state index in [1.807, 2.05) is 121 Å². The average Bonchev–Trinajstić information content (AvgIpc) is 3.74. The summed E-state index contributed by atoms with van der Waals surface area (Å²) in [6.45, 7) is 8.68. The molecule has 12 rings (SSSR count). The molecule has 12 aromatic rings. The molecule has 7 nitrogen and oxygen atoms in total. The molecule has 3 aromatic heterocycles. The van der Waals surface area contributed by atoms with Crippen molar-refractivity contribution < 1.29 is 0 Å². The maximum Gasteiger partial charge on any atom is 0.166 e. The monoisotopic (exact) mass is 913 g/mol. The molecule has 338 valence electrons. The fourth-order valence-corrected chi connectivity index (χ4v) is 9.88. The SMILES string of the molecule is Cc1ccc(-c2ccc3c(c2)c2cc(-c4ccc(C)cc4C)ccc2n3-c2c(-c3nc(-c4ccccc4)nc(-c4ccccc4)n3)cccc2-c2nc(-c3ccccc3)nc(-c3ccccc3)n2)c(C)c1. The van der Waals surface area contributed by atoms with Gasteiger partial charge in [0.05, 0.1) is 16.7 Å². The summed E-state index contributed by atoms with van der Waals surface area (Å²) in [6, 6.07) is 73.9. The maximum absolute atomic E-state index is 5.35. The van der Waals surface area contributed by atoms with Gasteiger partial charge in [-0.1, -0.05) is 187 Å². The third-order valence-electron chi connectivity index (χ3n) is 13.3. The minimum atomic E-state index is 0.518. The molecule has 7 heteroatoms. The van der Waals surface area contributed by atoms with Gasteiger partial charge < -0.3 is 4.57 Å². The molecule has 0 amide bonds. The van der Waals surface area contributed by atoms with Gasteiger partial charge in [0, 0.05) is 44.2 Å². The van der Waals surface area contributed by atoms with Crippen LogP contribution in [0, 0.1) is 27.7 Å². The van der Waals surface area contributed by atoms with Gasteiger partial charge >= 0.3 is 0 Å². The first-order valence-electron chi connectivity index (χ1n) is 23.9. The lowest BCUT2D eigenvalue weighted by atomic mass is 9.95. The van der Waals surface area contributed by atoms with Crippen molar-refractivity contribution in [2.24, 2.45) is 0 Å². The summed E-state index contributed by atoms with van der Waals surface area (Å²) < 4.78 is 2.37. The Hall–Kier alpha value is -9.20. The van der Waals surface area contributed by atoms with Crippen LogP contribution >= 0.6 is 0 Å². The first kappa shape index (κ1) is 43.1. The Morgan fingerprint density at radius 3 is 0.944 bits per heavy atom. The van der Waals surface area contributed by atoms with Gasteiger partial charge in [-0.15, -0.1) is 0 Å². The van der Waals surface area contributed by atoms with Gasteiger partial charge in [-0.25, -0.2) is 29.9 Å². The summed E-state index contributed by atoms with van der Waals surface area (Å²) in [5, 5.41) is 2.22. The Kier molecular flexibility index (Phi) is 10.9. The molecule has 71 heavy (non-hydrogen) atoms. The second kappa shape index (κ2) is 18.0. The van der Waals surface area contributed by atoms with Crippen LogP contribution in [0.1, 0.15) is 22.3 Å². The second-order valence-corrected chi connectivity index (χ2v) is 18.2. The van der Waals surface area contributed by atoms with Gasteiger partial charge in [-0.2, -0.15) is 0 Å². The number of fused-ring (bicyclic) bond motifs is 3. The highest BCUT2D eigenvalue weighted by molar-refractivity contribution is 6.13. The highest BCUT2D eigenvalue weighted by Crippen LogP contribution is 2.43. The van der Waals surface area contributed by atoms with Gasteiger partial charge in [0.1, 0.15) is 0 Å². The fourth-order valence-electron chi connectivity index (χ4n) is 9.88. The van der Waals surface area contributed by atoms with Crippen LogP contribution in [0.15, 0.2) is 212 Å². The van der Waals surface area contributed by atoms with Crippen molar-refractivity contribution in [2.75, 3.05) is 0 Å². The number of nitrogens with zero attached hydrogens (tertiary/aromatic N) is 7. The summed E-state index contributed by atoms with van der Waals surface area (Å²) in [6.07, 6.45) is 0. The van der Waals surface area contributed by atoms with Crippen LogP contribution in [-0.2, 0) is 0 Å². The third kappa shape index (κ3) is 8.13. The van der Waals surface area contributed by atoms with Crippen molar-refractivity contribution in [3.05, 3.63) is 235 Å². The van der Waals surface area contributed by atoms with E-state index in [1.165, 1.54) is 33.4 Å². The summed E-state index contributed by atoms with van der Waals surface area (Å²) in [7, 11) is 0. The number of para-hydroxylation sites is 1. The van der Waals surface area contributed by atoms with Crippen LogP contribution < -0.4 is 0 Å². The normalized spacial score (nSPS) is 11.4. The highest BCUT2D eigenvalue weighted by Gasteiger charge is 2.26. The summed E-state index contributed by atoms with van der Waals surface area (Å²) in [4.78, 5) is 31.6. The van der Waals surface area contributed by atoms with E-state index in [0.717, 1.165) is 72.0 Å². The lowest BCUT2D eigenvalue weighted by molar-refractivity contribution is 1.05. The quantitative estimate of drug-likeness (QED) is 0.143. The molecule has 0 unspecified atom stereocenters. The van der Waals surface area contributed by atoms with Crippen molar-refractivity contribution in [3.63, 3.8) is 0 Å². The second-order valence-electron chi connectivity index (χ2n) is 18.2. The number of hydrogen-bond acceptors (Lipinski definition) is 6. The largest absolute Gasteiger partial charge is 0.308 e. The zero-order chi connectivity index (χ0) is 48.0. The number of benzene rings is 9. The smallest absolute Gasteiger partial charge is 0.166 e. The first-order chi connectivity index (χ1) is 34.8. The van der Waals surface area contributed by atoms with Gasteiger partial charge in [0.25, 0.3) is 0 Å². The molecular formula is C64H47N7. The van der Waals surface area contributed by atoms with E-state index in [4.69, 9.17) is 29.9 Å². The van der Waals surface area contributed by atoms with Crippen molar-refractivity contribution in [2.45, 2.75) is 27.7 Å². The van der Waals surface area contributed by atoms with Crippen molar-refractivity contribution in [3.8, 4) is 96.3 Å². The van der Waals surface area contributed by atoms with Crippen molar-refractivity contribution >= 4 is 21.8 Å². The molecule has 9 aromatic carbocycles. The Bertz CT molecular complexity index is 3590. The van der Waals surface area contributed by atoms with Crippen molar-refractivity contribution in [1.82, 2.24) is 34.5 Å². The highest BCUT2D eigenvalue weighted by atomic mass is 15.1. The molecule has 0 radical (unpaired) electrons. The van der Waals surface area contributed by atoms with Gasteiger partial charge in [-0.05, 0) is 97.5 Å². The van der Waals surface area contributed by atoms with Gasteiger partial charge in [-0.3, -0.25) is 0 Å². The summed E-state index contributed by atoms with van der Waals surface area (Å²) >= 11 is 0. The van der Waals surface area contributed by atoms with E-state index in [0.29, 0.717) is 34.9 Å². The van der Waals surface area contributed by atoms with E-state index in [-0.39, 0.29) is 0 Å². The zero-order valence-corrected chi connectivity index (χ0v) is 39.8. The summed E-state index contributed by atoms with van der Waals surface area (Å²) in [5.74, 6) is 3.32. The predicted molar refractivity (Wildman–Crippen MR) is 290 cm³/mol. The number of aromatic nitrogens is 7. The maximum atomic E-state index is 5.35. The number of hydrogen-bond donors (Lipinski definition) is 0. The van der Waals surface area contributed by atoms with E-state index >= 15 is 0 Å². The molecule has 0 spiro atoms. The van der Waals surface area contributed by atoms with Crippen LogP contribution in [0.2, 0.25) is 0 Å². The molecule has 0 aliphatic carbocycles. The van der Waals surface area contributed by atoms with Crippen LogP contribution in [0.4, 0.5) is 0 Å². The fraction of sp³-hybridized carbons (Fsp3) is 0.0625. The van der Waals surface area contributed by atoms with E-state index in [1.54, 1.807) is 0 Å². The van der Waals surface area contributed by atoms with Crippen LogP contribution in [0.5, 0.6) is 0 Å². The lowest BCUT2D eigenvalue weighted by Gasteiger charge is -2.19. The molecule has 0 fully saturated rings. The third-order valence-corrected chi connectivity index (χ3v) is 13.3. The van der Waals surface area contributed by atoms with E-state index < -0.39 is 0 Å². The molecule has 0 saturated heterocycles. The van der Waals surface area contributed by atoms with E-state index in [2.05, 4.69) is 123 Å². The molecule has 0 N–H and O–H groups in total.